The van der Waals surface area contributed by atoms with Crippen molar-refractivity contribution in [3.63, 3.8) is 0 Å². The highest BCUT2D eigenvalue weighted by atomic mass is 32.2. The number of rotatable bonds is 11. The Labute approximate surface area is 277 Å². The Morgan fingerprint density at radius 3 is 2.28 bits per heavy atom. The molecule has 3 N–H and O–H groups in total. The van der Waals surface area contributed by atoms with E-state index in [0.29, 0.717) is 10.6 Å². The maximum absolute atomic E-state index is 13.9. The van der Waals surface area contributed by atoms with Crippen LogP contribution in [0.15, 0.2) is 61.3 Å². The SMILES string of the molecule is CC(C)C(/C=C1\Sc2ccccc2N1CCCS(=O)(=O)O)=C1\SC(C2SC(=C(C#N)C#N)N(CC(=O)O)C2=O)N(CC(=O)O)C1=O. The van der Waals surface area contributed by atoms with E-state index in [0.717, 1.165) is 43.9 Å². The van der Waals surface area contributed by atoms with E-state index in [2.05, 4.69) is 0 Å². The second-order valence-corrected chi connectivity index (χ2v) is 15.3. The molecule has 0 saturated carbocycles. The van der Waals surface area contributed by atoms with Crippen LogP contribution in [0.1, 0.15) is 20.3 Å². The van der Waals surface area contributed by atoms with Crippen molar-refractivity contribution in [1.82, 2.24) is 9.80 Å². The van der Waals surface area contributed by atoms with Crippen molar-refractivity contribution in [2.75, 3.05) is 30.3 Å². The van der Waals surface area contributed by atoms with Gasteiger partial charge in [-0.15, -0.1) is 0 Å². The molecule has 242 valence electrons. The number of hydrogen-bond acceptors (Lipinski definition) is 12. The molecule has 2 unspecified atom stereocenters. The van der Waals surface area contributed by atoms with E-state index < -0.39 is 68.9 Å². The van der Waals surface area contributed by atoms with Gasteiger partial charge in [-0.05, 0) is 36.1 Å². The number of nitriles is 2. The Kier molecular flexibility index (Phi) is 10.8. The summed E-state index contributed by atoms with van der Waals surface area (Å²) in [6.07, 6.45) is 1.87. The number of hydrogen-bond donors (Lipinski definition) is 3. The first-order valence-corrected chi connectivity index (χ1v) is 17.7. The topological polar surface area (TPSA) is 220 Å². The Morgan fingerprint density at radius 2 is 1.70 bits per heavy atom. The Balaban J connectivity index is 1.78. The summed E-state index contributed by atoms with van der Waals surface area (Å²) in [5, 5.41) is 36.1. The number of fused-ring (bicyclic) bond motifs is 1. The number of carbonyl (C=O) groups is 4. The van der Waals surface area contributed by atoms with Gasteiger partial charge in [-0.3, -0.25) is 28.6 Å². The highest BCUT2D eigenvalue weighted by Crippen LogP contribution is 2.51. The van der Waals surface area contributed by atoms with E-state index in [9.17, 15) is 52.9 Å². The zero-order valence-electron chi connectivity index (χ0n) is 24.3. The summed E-state index contributed by atoms with van der Waals surface area (Å²) >= 11 is 3.07. The number of nitrogens with zero attached hydrogens (tertiary/aromatic N) is 5. The summed E-state index contributed by atoms with van der Waals surface area (Å²) in [6.45, 7) is 2.28. The molecular weight excluding hydrogens is 679 g/mol. The quantitative estimate of drug-likeness (QED) is 0.171. The maximum Gasteiger partial charge on any atom is 0.323 e. The number of aliphatic carboxylic acids is 2. The average molecular weight is 706 g/mol. The number of benzene rings is 1. The number of carbonyl (C=O) groups excluding carboxylic acids is 2. The lowest BCUT2D eigenvalue weighted by Crippen LogP contribution is -2.45. The first-order valence-electron chi connectivity index (χ1n) is 13.6. The smallest absolute Gasteiger partial charge is 0.323 e. The second-order valence-electron chi connectivity index (χ2n) is 10.4. The molecule has 2 fully saturated rings. The third-order valence-corrected chi connectivity index (χ3v) is 11.7. The molecule has 1 aromatic carbocycles. The van der Waals surface area contributed by atoms with Gasteiger partial charge in [0.15, 0.2) is 5.57 Å². The molecule has 0 aliphatic carbocycles. The van der Waals surface area contributed by atoms with Gasteiger partial charge in [-0.25, -0.2) is 0 Å². The van der Waals surface area contributed by atoms with E-state index in [4.69, 9.17) is 0 Å². The molecule has 3 heterocycles. The minimum absolute atomic E-state index is 0.109. The highest BCUT2D eigenvalue weighted by Gasteiger charge is 2.51. The normalized spacial score (nSPS) is 21.6. The van der Waals surface area contributed by atoms with Gasteiger partial charge in [0.2, 0.25) is 5.91 Å². The van der Waals surface area contributed by atoms with Crippen LogP contribution in [0.3, 0.4) is 0 Å². The van der Waals surface area contributed by atoms with Crippen LogP contribution in [0.4, 0.5) is 5.69 Å². The fourth-order valence-corrected chi connectivity index (χ4v) is 9.51. The number of carboxylic acid groups (broad SMARTS) is 2. The lowest BCUT2D eigenvalue weighted by Gasteiger charge is -2.24. The highest BCUT2D eigenvalue weighted by molar-refractivity contribution is 8.09. The summed E-state index contributed by atoms with van der Waals surface area (Å²) in [6, 6.07) is 10.7. The summed E-state index contributed by atoms with van der Waals surface area (Å²) in [5.41, 5.74) is 0.831. The predicted molar refractivity (Wildman–Crippen MR) is 170 cm³/mol. The summed E-state index contributed by atoms with van der Waals surface area (Å²) in [5.74, 6) is -4.94. The minimum Gasteiger partial charge on any atom is -0.480 e. The first kappa shape index (κ1) is 34.9. The molecule has 0 aromatic heterocycles. The number of amides is 2. The molecule has 2 amide bonds. The van der Waals surface area contributed by atoms with Crippen molar-refractivity contribution in [2.24, 2.45) is 5.92 Å². The lowest BCUT2D eigenvalue weighted by molar-refractivity contribution is -0.144. The summed E-state index contributed by atoms with van der Waals surface area (Å²) < 4.78 is 32.0. The molecule has 4 rings (SSSR count). The van der Waals surface area contributed by atoms with Crippen LogP contribution < -0.4 is 4.90 Å². The van der Waals surface area contributed by atoms with Gasteiger partial charge in [0, 0.05) is 11.4 Å². The Hall–Kier alpha value is -3.94. The first-order chi connectivity index (χ1) is 21.7. The summed E-state index contributed by atoms with van der Waals surface area (Å²) in [4.78, 5) is 55.5. The van der Waals surface area contributed by atoms with Crippen LogP contribution in [0.25, 0.3) is 0 Å². The van der Waals surface area contributed by atoms with Gasteiger partial charge in [-0.2, -0.15) is 18.9 Å². The molecule has 2 atom stereocenters. The van der Waals surface area contributed by atoms with Gasteiger partial charge in [-0.1, -0.05) is 61.3 Å². The van der Waals surface area contributed by atoms with Crippen molar-refractivity contribution in [2.45, 2.75) is 35.8 Å². The monoisotopic (exact) mass is 705 g/mol. The number of para-hydroxylation sites is 1. The molecule has 0 radical (unpaired) electrons. The van der Waals surface area contributed by atoms with Crippen molar-refractivity contribution >= 4 is 74.8 Å². The van der Waals surface area contributed by atoms with E-state index in [1.54, 1.807) is 18.2 Å². The Bertz CT molecular complexity index is 1760. The van der Waals surface area contributed by atoms with Gasteiger partial charge >= 0.3 is 11.9 Å². The van der Waals surface area contributed by atoms with E-state index in [-0.39, 0.29) is 28.8 Å². The zero-order valence-corrected chi connectivity index (χ0v) is 27.6. The van der Waals surface area contributed by atoms with Gasteiger partial charge in [0.05, 0.1) is 21.4 Å². The number of thioether (sulfide) groups is 3. The third kappa shape index (κ3) is 7.54. The van der Waals surface area contributed by atoms with E-state index >= 15 is 0 Å². The van der Waals surface area contributed by atoms with Crippen LogP contribution in [0, 0.1) is 28.6 Å². The second kappa shape index (κ2) is 14.2. The van der Waals surface area contributed by atoms with Crippen molar-refractivity contribution < 1.29 is 42.4 Å². The van der Waals surface area contributed by atoms with E-state index in [1.807, 2.05) is 43.0 Å². The molecule has 1 aromatic rings. The average Bonchev–Trinajstić information content (AvgIpc) is 3.58. The molecule has 3 aliphatic heterocycles. The maximum atomic E-state index is 13.9. The number of anilines is 1. The molecule has 18 heteroatoms. The van der Waals surface area contributed by atoms with Gasteiger partial charge in [0.25, 0.3) is 16.0 Å². The minimum atomic E-state index is -4.19. The van der Waals surface area contributed by atoms with Crippen molar-refractivity contribution in [3.05, 3.63) is 56.5 Å². The zero-order chi connectivity index (χ0) is 33.9. The van der Waals surface area contributed by atoms with Crippen molar-refractivity contribution in [3.8, 4) is 12.1 Å². The molecule has 46 heavy (non-hydrogen) atoms. The number of carboxylic acids is 2. The number of allylic oxidation sites excluding steroid dienone is 3. The van der Waals surface area contributed by atoms with Crippen LogP contribution in [-0.2, 0) is 29.3 Å². The van der Waals surface area contributed by atoms with Gasteiger partial charge < -0.3 is 20.0 Å². The largest absolute Gasteiger partial charge is 0.480 e. The fourth-order valence-electron chi connectivity index (χ4n) is 4.90. The predicted octanol–water partition coefficient (Wildman–Crippen LogP) is 2.90. The van der Waals surface area contributed by atoms with Gasteiger partial charge in [0.1, 0.15) is 40.9 Å². The molecule has 3 aliphatic rings. The van der Waals surface area contributed by atoms with Crippen LogP contribution in [-0.4, -0.2) is 92.7 Å². The lowest BCUT2D eigenvalue weighted by atomic mass is 10.0. The fraction of sp³-hybridized carbons (Fsp3) is 0.357. The molecular formula is C28H27N5O9S4. The van der Waals surface area contributed by atoms with E-state index in [1.165, 1.54) is 11.8 Å². The van der Waals surface area contributed by atoms with Crippen LogP contribution in [0.2, 0.25) is 0 Å². The standard InChI is InChI=1S/C28H27N5O9S4/c1-15(2)17(10-20-31(8-5-9-46(40,41)42)18-6-3-4-7-19(18)43-20)23-25(38)33(14-22(36)37)28(44-23)24-26(39)32(13-21(34)35)27(45-24)16(11-29)12-30/h3-4,6-7,10,15,24,28H,5,8-9,13-14H2,1-2H3,(H,34,35)(H,36,37)(H,40,41,42)/b20-10-,23-17-. The molecule has 14 nitrogen and oxygen atoms in total. The third-order valence-electron chi connectivity index (χ3n) is 6.87. The summed E-state index contributed by atoms with van der Waals surface area (Å²) in [7, 11) is -4.19. The molecule has 2 saturated heterocycles. The van der Waals surface area contributed by atoms with Crippen LogP contribution >= 0.6 is 35.3 Å². The molecule has 0 spiro atoms. The van der Waals surface area contributed by atoms with Crippen molar-refractivity contribution in [1.29, 1.82) is 10.5 Å². The van der Waals surface area contributed by atoms with Crippen LogP contribution in [0.5, 0.6) is 0 Å². The Morgan fingerprint density at radius 1 is 1.04 bits per heavy atom. The molecule has 0 bridgehead atoms.